The first-order valence-corrected chi connectivity index (χ1v) is 7.55. The minimum Gasteiger partial charge on any atom is -0.454 e. The summed E-state index contributed by atoms with van der Waals surface area (Å²) in [5.74, 6) is 0.848. The second-order valence-electron chi connectivity index (χ2n) is 6.12. The largest absolute Gasteiger partial charge is 0.454 e. The minimum atomic E-state index is -0.689. The molecule has 0 aromatic heterocycles. The van der Waals surface area contributed by atoms with Gasteiger partial charge in [-0.1, -0.05) is 6.07 Å². The Morgan fingerprint density at radius 1 is 1.42 bits per heavy atom. The number of hydrogen-bond acceptors (Lipinski definition) is 6. The fourth-order valence-electron chi connectivity index (χ4n) is 2.38. The maximum absolute atomic E-state index is 12.2. The van der Waals surface area contributed by atoms with Crippen molar-refractivity contribution in [2.75, 3.05) is 13.4 Å². The third kappa shape index (κ3) is 3.67. The number of nitrogens with zero attached hydrogens (tertiary/aromatic N) is 1. The van der Waals surface area contributed by atoms with E-state index in [4.69, 9.17) is 18.9 Å². The molecule has 0 saturated carbocycles. The Morgan fingerprint density at radius 3 is 2.92 bits per heavy atom. The highest BCUT2D eigenvalue weighted by atomic mass is 16.7. The molecular weight excluding hydrogens is 312 g/mol. The maximum Gasteiger partial charge on any atom is 0.262 e. The van der Waals surface area contributed by atoms with Crippen LogP contribution in [-0.2, 0) is 20.8 Å². The van der Waals surface area contributed by atoms with Gasteiger partial charge in [-0.3, -0.25) is 4.79 Å². The van der Waals surface area contributed by atoms with E-state index < -0.39 is 17.8 Å². The van der Waals surface area contributed by atoms with Crippen molar-refractivity contribution in [2.45, 2.75) is 32.3 Å². The van der Waals surface area contributed by atoms with Crippen LogP contribution in [0.2, 0.25) is 0 Å². The molecular formula is C17H18N2O5. The Kier molecular flexibility index (Phi) is 4.42. The van der Waals surface area contributed by atoms with Gasteiger partial charge in [0.05, 0.1) is 12.2 Å². The fraction of sp³-hybridized carbons (Fsp3) is 0.412. The van der Waals surface area contributed by atoms with Gasteiger partial charge >= 0.3 is 0 Å². The molecule has 1 amide bonds. The van der Waals surface area contributed by atoms with Crippen LogP contribution in [0.4, 0.5) is 0 Å². The minimum absolute atomic E-state index is 0.0431. The van der Waals surface area contributed by atoms with Gasteiger partial charge in [-0.2, -0.15) is 5.26 Å². The van der Waals surface area contributed by atoms with Crippen molar-refractivity contribution in [3.05, 3.63) is 35.4 Å². The first-order valence-electron chi connectivity index (χ1n) is 7.55. The van der Waals surface area contributed by atoms with Crippen LogP contribution in [0.15, 0.2) is 29.8 Å². The molecule has 0 radical (unpaired) electrons. The molecule has 2 aliphatic rings. The molecule has 0 aliphatic carbocycles. The van der Waals surface area contributed by atoms with Crippen molar-refractivity contribution in [3.8, 4) is 17.6 Å². The normalized spacial score (nSPS) is 21.4. The average Bonchev–Trinajstić information content (AvgIpc) is 3.15. The van der Waals surface area contributed by atoms with E-state index in [1.54, 1.807) is 12.1 Å². The van der Waals surface area contributed by atoms with E-state index in [9.17, 15) is 10.1 Å². The number of carbonyl (C=O) groups excluding carboxylic acids is 1. The summed E-state index contributed by atoms with van der Waals surface area (Å²) in [6.45, 7) is 4.64. The lowest BCUT2D eigenvalue weighted by atomic mass is 10.2. The summed E-state index contributed by atoms with van der Waals surface area (Å²) in [6, 6.07) is 7.29. The zero-order valence-electron chi connectivity index (χ0n) is 13.5. The van der Waals surface area contributed by atoms with Gasteiger partial charge in [0.25, 0.3) is 5.91 Å². The van der Waals surface area contributed by atoms with E-state index in [0.29, 0.717) is 18.1 Å². The molecule has 1 saturated heterocycles. The zero-order chi connectivity index (χ0) is 17.2. The monoisotopic (exact) mass is 330 g/mol. The number of amides is 1. The Hall–Kier alpha value is -2.56. The van der Waals surface area contributed by atoms with Gasteiger partial charge in [0.1, 0.15) is 11.6 Å². The number of hydrogen-bond donors (Lipinski definition) is 1. The number of nitrogens with one attached hydrogen (secondary N) is 1. The first-order chi connectivity index (χ1) is 11.5. The van der Waals surface area contributed by atoms with Gasteiger partial charge in [-0.25, -0.2) is 0 Å². The van der Waals surface area contributed by atoms with Gasteiger partial charge in [0.15, 0.2) is 17.8 Å². The highest BCUT2D eigenvalue weighted by Crippen LogP contribution is 2.32. The lowest BCUT2D eigenvalue weighted by Crippen LogP contribution is -2.25. The van der Waals surface area contributed by atoms with E-state index >= 15 is 0 Å². The predicted octanol–water partition coefficient (Wildman–Crippen LogP) is 1.63. The number of benzene rings is 1. The molecule has 7 nitrogen and oxygen atoms in total. The molecule has 1 N–H and O–H groups in total. The van der Waals surface area contributed by atoms with Crippen molar-refractivity contribution >= 4 is 5.91 Å². The molecule has 1 aromatic rings. The molecule has 1 fully saturated rings. The highest BCUT2D eigenvalue weighted by Gasteiger charge is 2.32. The van der Waals surface area contributed by atoms with Crippen LogP contribution in [0.5, 0.6) is 11.5 Å². The van der Waals surface area contributed by atoms with E-state index in [2.05, 4.69) is 5.32 Å². The van der Waals surface area contributed by atoms with Crippen molar-refractivity contribution < 1.29 is 23.7 Å². The molecule has 7 heteroatoms. The number of fused-ring (bicyclic) bond motifs is 1. The van der Waals surface area contributed by atoms with Crippen molar-refractivity contribution in [1.29, 1.82) is 5.26 Å². The molecule has 3 rings (SSSR count). The average molecular weight is 330 g/mol. The second-order valence-corrected chi connectivity index (χ2v) is 6.12. The van der Waals surface area contributed by atoms with Crippen LogP contribution < -0.4 is 14.8 Å². The Morgan fingerprint density at radius 2 is 2.21 bits per heavy atom. The maximum atomic E-state index is 12.2. The third-order valence-electron chi connectivity index (χ3n) is 3.59. The lowest BCUT2D eigenvalue weighted by Gasteiger charge is -2.14. The lowest BCUT2D eigenvalue weighted by molar-refractivity contribution is -0.117. The smallest absolute Gasteiger partial charge is 0.262 e. The zero-order valence-corrected chi connectivity index (χ0v) is 13.5. The quantitative estimate of drug-likeness (QED) is 0.667. The van der Waals surface area contributed by atoms with Gasteiger partial charge in [0, 0.05) is 6.54 Å². The molecule has 24 heavy (non-hydrogen) atoms. The molecule has 2 aliphatic heterocycles. The summed E-state index contributed by atoms with van der Waals surface area (Å²) in [6.07, 6.45) is 0.704. The Balaban J connectivity index is 1.60. The molecule has 0 bridgehead atoms. The van der Waals surface area contributed by atoms with Crippen molar-refractivity contribution in [2.24, 2.45) is 0 Å². The molecule has 1 aromatic carbocycles. The van der Waals surface area contributed by atoms with Gasteiger partial charge in [0.2, 0.25) is 6.79 Å². The van der Waals surface area contributed by atoms with Crippen LogP contribution in [0.1, 0.15) is 19.4 Å². The van der Waals surface area contributed by atoms with Crippen LogP contribution in [0, 0.1) is 11.3 Å². The van der Waals surface area contributed by atoms with Gasteiger partial charge in [-0.05, 0) is 37.6 Å². The van der Waals surface area contributed by atoms with Crippen molar-refractivity contribution in [3.63, 3.8) is 0 Å². The van der Waals surface area contributed by atoms with E-state index in [-0.39, 0.29) is 18.9 Å². The molecule has 1 atom stereocenters. The van der Waals surface area contributed by atoms with Crippen LogP contribution in [-0.4, -0.2) is 31.2 Å². The van der Waals surface area contributed by atoms with Crippen molar-refractivity contribution in [1.82, 2.24) is 5.32 Å². The molecule has 2 heterocycles. The Labute approximate surface area is 139 Å². The van der Waals surface area contributed by atoms with Crippen LogP contribution >= 0.6 is 0 Å². The number of nitriles is 1. The molecule has 0 spiro atoms. The third-order valence-corrected chi connectivity index (χ3v) is 3.59. The van der Waals surface area contributed by atoms with E-state index in [0.717, 1.165) is 5.56 Å². The Bertz CT molecular complexity index is 720. The fourth-order valence-corrected chi connectivity index (χ4v) is 2.38. The summed E-state index contributed by atoms with van der Waals surface area (Å²) in [5, 5.41) is 11.9. The molecule has 1 unspecified atom stereocenters. The molecule has 126 valence electrons. The van der Waals surface area contributed by atoms with E-state index in [1.165, 1.54) is 6.08 Å². The number of rotatable bonds is 4. The van der Waals surface area contributed by atoms with Crippen LogP contribution in [0.3, 0.4) is 0 Å². The first kappa shape index (κ1) is 16.3. The van der Waals surface area contributed by atoms with Gasteiger partial charge < -0.3 is 24.3 Å². The summed E-state index contributed by atoms with van der Waals surface area (Å²) in [7, 11) is 0. The summed E-state index contributed by atoms with van der Waals surface area (Å²) < 4.78 is 21.5. The number of ether oxygens (including phenoxy) is 4. The highest BCUT2D eigenvalue weighted by molar-refractivity contribution is 5.97. The second kappa shape index (κ2) is 6.51. The topological polar surface area (TPSA) is 89.8 Å². The summed E-state index contributed by atoms with van der Waals surface area (Å²) >= 11 is 0. The predicted molar refractivity (Wildman–Crippen MR) is 83.0 cm³/mol. The summed E-state index contributed by atoms with van der Waals surface area (Å²) in [4.78, 5) is 12.2. The van der Waals surface area contributed by atoms with E-state index in [1.807, 2.05) is 26.0 Å². The standard InChI is InChI=1S/C17H18N2O5/c1-17(2)9-21-15(24-17)6-12(7-18)16(20)19-8-11-3-4-13-14(5-11)23-10-22-13/h3-6,15H,8-10H2,1-2H3,(H,19,20)/b12-6-. The SMILES string of the molecule is CC1(C)COC(/C=C(/C#N)C(=O)NCc2ccc3c(c2)OCO3)O1. The van der Waals surface area contributed by atoms with Crippen LogP contribution in [0.25, 0.3) is 0 Å². The summed E-state index contributed by atoms with van der Waals surface area (Å²) in [5.41, 5.74) is 0.378. The number of carbonyl (C=O) groups is 1. The van der Waals surface area contributed by atoms with Gasteiger partial charge in [-0.15, -0.1) is 0 Å².